The molecular weight excluding hydrogens is 218 g/mol. The Kier molecular flexibility index (Phi) is 3.57. The third-order valence-corrected chi connectivity index (χ3v) is 3.23. The van der Waals surface area contributed by atoms with Crippen LogP contribution in [0.1, 0.15) is 35.7 Å². The van der Waals surface area contributed by atoms with Gasteiger partial charge >= 0.3 is 0 Å². The Labute approximate surface area is 99.5 Å². The highest BCUT2D eigenvalue weighted by molar-refractivity contribution is 7.07. The van der Waals surface area contributed by atoms with Crippen molar-refractivity contribution < 1.29 is 4.79 Å². The highest BCUT2D eigenvalue weighted by Crippen LogP contribution is 2.11. The second-order valence-electron chi connectivity index (χ2n) is 3.88. The number of carbonyl (C=O) groups is 1. The number of Topliss-reactive ketones (excluding diaryl/α,β-unsaturated/α-hetero) is 1. The average molecular weight is 233 g/mol. The number of aromatic nitrogens is 1. The van der Waals surface area contributed by atoms with Crippen molar-refractivity contribution in [2.24, 2.45) is 0 Å². The Hall–Kier alpha value is -1.35. The van der Waals surface area contributed by atoms with Gasteiger partial charge in [-0.3, -0.25) is 4.79 Å². The van der Waals surface area contributed by atoms with E-state index in [2.05, 4.69) is 21.4 Å². The molecule has 0 spiro atoms. The van der Waals surface area contributed by atoms with Gasteiger partial charge in [0.15, 0.2) is 5.78 Å². The van der Waals surface area contributed by atoms with Gasteiger partial charge in [-0.05, 0) is 34.9 Å². The van der Waals surface area contributed by atoms with E-state index < -0.39 is 0 Å². The van der Waals surface area contributed by atoms with Crippen LogP contribution in [-0.4, -0.2) is 10.4 Å². The van der Waals surface area contributed by atoms with Crippen LogP contribution >= 0.6 is 11.3 Å². The third kappa shape index (κ3) is 2.61. The van der Waals surface area contributed by atoms with Crippen LogP contribution in [0.3, 0.4) is 0 Å². The monoisotopic (exact) mass is 233 g/mol. The predicted molar refractivity (Wildman–Crippen MR) is 67.1 cm³/mol. The summed E-state index contributed by atoms with van der Waals surface area (Å²) in [6, 6.07) is 4.02. The molecule has 0 bridgehead atoms. The maximum absolute atomic E-state index is 11.6. The molecule has 84 valence electrons. The SMILES string of the molecule is CCCC(=O)c1ccn(Cc2ccsc2)c1. The van der Waals surface area contributed by atoms with E-state index in [1.807, 2.05) is 25.4 Å². The number of thiophene rings is 1. The quantitative estimate of drug-likeness (QED) is 0.723. The van der Waals surface area contributed by atoms with E-state index in [1.54, 1.807) is 11.3 Å². The van der Waals surface area contributed by atoms with Gasteiger partial charge in [-0.15, -0.1) is 0 Å². The first-order valence-electron chi connectivity index (χ1n) is 5.49. The second kappa shape index (κ2) is 5.12. The Bertz CT molecular complexity index is 456. The number of nitrogens with zero attached hydrogens (tertiary/aromatic N) is 1. The van der Waals surface area contributed by atoms with Crippen LogP contribution in [-0.2, 0) is 6.54 Å². The molecule has 16 heavy (non-hydrogen) atoms. The van der Waals surface area contributed by atoms with E-state index in [0.29, 0.717) is 6.42 Å². The number of ketones is 1. The van der Waals surface area contributed by atoms with Crippen LogP contribution < -0.4 is 0 Å². The molecule has 0 N–H and O–H groups in total. The lowest BCUT2D eigenvalue weighted by Gasteiger charge is -1.99. The molecule has 2 aromatic rings. The van der Waals surface area contributed by atoms with E-state index in [0.717, 1.165) is 18.5 Å². The van der Waals surface area contributed by atoms with Crippen molar-refractivity contribution in [3.63, 3.8) is 0 Å². The third-order valence-electron chi connectivity index (χ3n) is 2.49. The van der Waals surface area contributed by atoms with Crippen LogP contribution in [0.25, 0.3) is 0 Å². The maximum Gasteiger partial charge on any atom is 0.164 e. The van der Waals surface area contributed by atoms with Crippen molar-refractivity contribution >= 4 is 17.1 Å². The molecule has 0 aliphatic heterocycles. The first-order valence-corrected chi connectivity index (χ1v) is 6.44. The highest BCUT2D eigenvalue weighted by Gasteiger charge is 2.06. The number of hydrogen-bond acceptors (Lipinski definition) is 2. The molecule has 0 atom stereocenters. The zero-order valence-electron chi connectivity index (χ0n) is 9.35. The van der Waals surface area contributed by atoms with Crippen LogP contribution in [0, 0.1) is 0 Å². The highest BCUT2D eigenvalue weighted by atomic mass is 32.1. The van der Waals surface area contributed by atoms with Gasteiger partial charge in [0, 0.05) is 30.9 Å². The summed E-state index contributed by atoms with van der Waals surface area (Å²) in [7, 11) is 0. The first kappa shape index (κ1) is 11.1. The van der Waals surface area contributed by atoms with Crippen LogP contribution in [0.4, 0.5) is 0 Å². The lowest BCUT2D eigenvalue weighted by atomic mass is 10.1. The van der Waals surface area contributed by atoms with Crippen LogP contribution in [0.15, 0.2) is 35.3 Å². The number of carbonyl (C=O) groups excluding carboxylic acids is 1. The van der Waals surface area contributed by atoms with Gasteiger partial charge in [0.25, 0.3) is 0 Å². The summed E-state index contributed by atoms with van der Waals surface area (Å²) in [5.74, 6) is 0.242. The Morgan fingerprint density at radius 3 is 3.00 bits per heavy atom. The van der Waals surface area contributed by atoms with Crippen molar-refractivity contribution in [1.82, 2.24) is 4.57 Å². The molecule has 0 saturated carbocycles. The van der Waals surface area contributed by atoms with Gasteiger partial charge in [-0.25, -0.2) is 0 Å². The van der Waals surface area contributed by atoms with Gasteiger partial charge in [0.2, 0.25) is 0 Å². The van der Waals surface area contributed by atoms with Gasteiger partial charge in [0.1, 0.15) is 0 Å². The Morgan fingerprint density at radius 1 is 1.44 bits per heavy atom. The fourth-order valence-electron chi connectivity index (χ4n) is 1.67. The molecule has 0 saturated heterocycles. The molecule has 2 heterocycles. The molecule has 0 amide bonds. The minimum atomic E-state index is 0.242. The summed E-state index contributed by atoms with van der Waals surface area (Å²) in [5, 5.41) is 4.20. The van der Waals surface area contributed by atoms with Crippen molar-refractivity contribution in [2.45, 2.75) is 26.3 Å². The second-order valence-corrected chi connectivity index (χ2v) is 4.66. The minimum Gasteiger partial charge on any atom is -0.349 e. The summed E-state index contributed by atoms with van der Waals surface area (Å²) in [6.07, 6.45) is 5.47. The summed E-state index contributed by atoms with van der Waals surface area (Å²) in [4.78, 5) is 11.6. The Morgan fingerprint density at radius 2 is 2.31 bits per heavy atom. The largest absolute Gasteiger partial charge is 0.349 e. The lowest BCUT2D eigenvalue weighted by molar-refractivity contribution is 0.0981. The summed E-state index contributed by atoms with van der Waals surface area (Å²) >= 11 is 1.70. The fraction of sp³-hybridized carbons (Fsp3) is 0.308. The normalized spacial score (nSPS) is 10.6. The minimum absolute atomic E-state index is 0.242. The van der Waals surface area contributed by atoms with E-state index in [4.69, 9.17) is 0 Å². The molecule has 0 aliphatic carbocycles. The molecule has 0 aromatic carbocycles. The van der Waals surface area contributed by atoms with Crippen molar-refractivity contribution in [3.05, 3.63) is 46.4 Å². The molecule has 2 rings (SSSR count). The maximum atomic E-state index is 11.6. The zero-order valence-corrected chi connectivity index (χ0v) is 10.2. The molecule has 0 fully saturated rings. The van der Waals surface area contributed by atoms with E-state index in [1.165, 1.54) is 5.56 Å². The van der Waals surface area contributed by atoms with E-state index in [-0.39, 0.29) is 5.78 Å². The molecule has 2 aromatic heterocycles. The predicted octanol–water partition coefficient (Wildman–Crippen LogP) is 3.58. The standard InChI is InChI=1S/C13H15NOS/c1-2-3-13(15)12-4-6-14(9-12)8-11-5-7-16-10-11/h4-7,9-10H,2-3,8H2,1H3. The summed E-state index contributed by atoms with van der Waals surface area (Å²) in [5.41, 5.74) is 2.12. The topological polar surface area (TPSA) is 22.0 Å². The van der Waals surface area contributed by atoms with Gasteiger partial charge in [-0.1, -0.05) is 6.92 Å². The van der Waals surface area contributed by atoms with E-state index in [9.17, 15) is 4.79 Å². The summed E-state index contributed by atoms with van der Waals surface area (Å²) in [6.45, 7) is 2.88. The molecule has 0 unspecified atom stereocenters. The fourth-order valence-corrected chi connectivity index (χ4v) is 2.33. The number of rotatable bonds is 5. The van der Waals surface area contributed by atoms with Crippen LogP contribution in [0.5, 0.6) is 0 Å². The Balaban J connectivity index is 2.05. The molecular formula is C13H15NOS. The van der Waals surface area contributed by atoms with Crippen molar-refractivity contribution in [3.8, 4) is 0 Å². The first-order chi connectivity index (χ1) is 7.79. The number of hydrogen-bond donors (Lipinski definition) is 0. The van der Waals surface area contributed by atoms with Crippen molar-refractivity contribution in [1.29, 1.82) is 0 Å². The van der Waals surface area contributed by atoms with Crippen molar-refractivity contribution in [2.75, 3.05) is 0 Å². The zero-order chi connectivity index (χ0) is 11.4. The van der Waals surface area contributed by atoms with Gasteiger partial charge < -0.3 is 4.57 Å². The molecule has 0 radical (unpaired) electrons. The average Bonchev–Trinajstić information content (AvgIpc) is 2.90. The van der Waals surface area contributed by atoms with Gasteiger partial charge in [0.05, 0.1) is 0 Å². The van der Waals surface area contributed by atoms with E-state index >= 15 is 0 Å². The summed E-state index contributed by atoms with van der Waals surface area (Å²) < 4.78 is 2.06. The lowest BCUT2D eigenvalue weighted by Crippen LogP contribution is -1.98. The molecule has 2 nitrogen and oxygen atoms in total. The molecule has 0 aliphatic rings. The van der Waals surface area contributed by atoms with Gasteiger partial charge in [-0.2, -0.15) is 11.3 Å². The molecule has 3 heteroatoms. The smallest absolute Gasteiger partial charge is 0.164 e. The van der Waals surface area contributed by atoms with Crippen LogP contribution in [0.2, 0.25) is 0 Å².